The number of carbonyl (C=O) groups is 1. The minimum Gasteiger partial charge on any atom is -0.493 e. The average Bonchev–Trinajstić information content (AvgIpc) is 2.78. The van der Waals surface area contributed by atoms with Crippen LogP contribution in [0.4, 0.5) is 0 Å². The molecule has 1 aliphatic rings. The fourth-order valence-corrected chi connectivity index (χ4v) is 2.51. The molecule has 0 saturated carbocycles. The first-order valence-electron chi connectivity index (χ1n) is 7.47. The topological polar surface area (TPSA) is 54.0 Å². The Morgan fingerprint density at radius 2 is 2.00 bits per heavy atom. The van der Waals surface area contributed by atoms with E-state index < -0.39 is 5.60 Å². The van der Waals surface area contributed by atoms with E-state index in [0.29, 0.717) is 31.3 Å². The van der Waals surface area contributed by atoms with Gasteiger partial charge in [0.25, 0.3) is 0 Å². The van der Waals surface area contributed by atoms with Gasteiger partial charge in [0.1, 0.15) is 5.60 Å². The van der Waals surface area contributed by atoms with Gasteiger partial charge in [-0.05, 0) is 31.5 Å². The summed E-state index contributed by atoms with van der Waals surface area (Å²) in [6.07, 6.45) is 0.794. The van der Waals surface area contributed by atoms with Gasteiger partial charge in [-0.2, -0.15) is 0 Å². The standard InChI is InChI=1S/C17H24O5/c1-17(2)16(18)13(11-22-17)12-6-7-14(20-4)15(10-12)21-9-5-8-19-3/h6-7,10,13H,5,8-9,11H2,1-4H3. The van der Waals surface area contributed by atoms with E-state index in [4.69, 9.17) is 18.9 Å². The van der Waals surface area contributed by atoms with Gasteiger partial charge in [-0.1, -0.05) is 6.07 Å². The van der Waals surface area contributed by atoms with E-state index in [9.17, 15) is 4.79 Å². The Balaban J connectivity index is 2.15. The van der Waals surface area contributed by atoms with Crippen LogP contribution < -0.4 is 9.47 Å². The van der Waals surface area contributed by atoms with Gasteiger partial charge in [0.2, 0.25) is 0 Å². The zero-order valence-corrected chi connectivity index (χ0v) is 13.7. The molecule has 122 valence electrons. The fraction of sp³-hybridized carbons (Fsp3) is 0.588. The smallest absolute Gasteiger partial charge is 0.173 e. The summed E-state index contributed by atoms with van der Waals surface area (Å²) in [5.74, 6) is 1.16. The Morgan fingerprint density at radius 3 is 2.59 bits per heavy atom. The van der Waals surface area contributed by atoms with Crippen LogP contribution in [-0.4, -0.2) is 45.4 Å². The van der Waals surface area contributed by atoms with Crippen molar-refractivity contribution in [2.24, 2.45) is 0 Å². The molecule has 1 aromatic carbocycles. The van der Waals surface area contributed by atoms with Gasteiger partial charge in [-0.3, -0.25) is 4.79 Å². The van der Waals surface area contributed by atoms with Crippen molar-refractivity contribution < 1.29 is 23.7 Å². The van der Waals surface area contributed by atoms with Gasteiger partial charge in [0.05, 0.1) is 26.2 Å². The highest BCUT2D eigenvalue weighted by Gasteiger charge is 2.42. The monoisotopic (exact) mass is 308 g/mol. The summed E-state index contributed by atoms with van der Waals surface area (Å²) in [6, 6.07) is 5.60. The van der Waals surface area contributed by atoms with Crippen LogP contribution in [0.3, 0.4) is 0 Å². The van der Waals surface area contributed by atoms with Crippen molar-refractivity contribution in [2.75, 3.05) is 34.0 Å². The maximum absolute atomic E-state index is 12.4. The molecule has 0 aromatic heterocycles. The van der Waals surface area contributed by atoms with Gasteiger partial charge in [0.15, 0.2) is 17.3 Å². The van der Waals surface area contributed by atoms with E-state index in [1.807, 2.05) is 18.2 Å². The fourth-order valence-electron chi connectivity index (χ4n) is 2.51. The highest BCUT2D eigenvalue weighted by atomic mass is 16.5. The van der Waals surface area contributed by atoms with Crippen molar-refractivity contribution in [3.05, 3.63) is 23.8 Å². The van der Waals surface area contributed by atoms with E-state index in [1.165, 1.54) is 0 Å². The first kappa shape index (κ1) is 16.8. The minimum absolute atomic E-state index is 0.1000. The second-order valence-electron chi connectivity index (χ2n) is 5.84. The van der Waals surface area contributed by atoms with Crippen molar-refractivity contribution in [1.29, 1.82) is 0 Å². The summed E-state index contributed by atoms with van der Waals surface area (Å²) in [7, 11) is 3.26. The zero-order chi connectivity index (χ0) is 16.2. The number of hydrogen-bond donors (Lipinski definition) is 0. The van der Waals surface area contributed by atoms with Crippen molar-refractivity contribution in [3.8, 4) is 11.5 Å². The van der Waals surface area contributed by atoms with Crippen LogP contribution in [0.2, 0.25) is 0 Å². The van der Waals surface area contributed by atoms with Crippen LogP contribution in [0.1, 0.15) is 31.7 Å². The summed E-state index contributed by atoms with van der Waals surface area (Å²) < 4.78 is 21.7. The summed E-state index contributed by atoms with van der Waals surface area (Å²) in [6.45, 7) is 5.20. The molecule has 1 saturated heterocycles. The predicted molar refractivity (Wildman–Crippen MR) is 82.8 cm³/mol. The molecule has 1 fully saturated rings. The van der Waals surface area contributed by atoms with E-state index in [1.54, 1.807) is 28.1 Å². The normalized spacial score (nSPS) is 20.2. The Hall–Kier alpha value is -1.59. The second kappa shape index (κ2) is 7.11. The number of benzene rings is 1. The first-order chi connectivity index (χ1) is 10.5. The second-order valence-corrected chi connectivity index (χ2v) is 5.84. The van der Waals surface area contributed by atoms with E-state index >= 15 is 0 Å². The molecule has 1 heterocycles. The van der Waals surface area contributed by atoms with Crippen molar-refractivity contribution in [1.82, 2.24) is 0 Å². The van der Waals surface area contributed by atoms with Crippen LogP contribution in [0, 0.1) is 0 Å². The molecule has 0 bridgehead atoms. The predicted octanol–water partition coefficient (Wildman–Crippen LogP) is 2.57. The van der Waals surface area contributed by atoms with Crippen LogP contribution in [0.5, 0.6) is 11.5 Å². The quantitative estimate of drug-likeness (QED) is 0.725. The lowest BCUT2D eigenvalue weighted by Gasteiger charge is -2.16. The highest BCUT2D eigenvalue weighted by Crippen LogP contribution is 2.37. The molecule has 1 aromatic rings. The van der Waals surface area contributed by atoms with E-state index in [0.717, 1.165) is 12.0 Å². The van der Waals surface area contributed by atoms with Crippen LogP contribution >= 0.6 is 0 Å². The third kappa shape index (κ3) is 3.59. The van der Waals surface area contributed by atoms with Crippen molar-refractivity contribution >= 4 is 5.78 Å². The van der Waals surface area contributed by atoms with E-state index in [-0.39, 0.29) is 11.7 Å². The maximum Gasteiger partial charge on any atom is 0.173 e. The Bertz CT molecular complexity index is 524. The van der Waals surface area contributed by atoms with Gasteiger partial charge in [-0.15, -0.1) is 0 Å². The SMILES string of the molecule is COCCCOc1cc(C2COC(C)(C)C2=O)ccc1OC. The lowest BCUT2D eigenvalue weighted by molar-refractivity contribution is -0.129. The lowest BCUT2D eigenvalue weighted by Crippen LogP contribution is -2.29. The first-order valence-corrected chi connectivity index (χ1v) is 7.47. The Kier molecular flexibility index (Phi) is 5.42. The van der Waals surface area contributed by atoms with Crippen molar-refractivity contribution in [3.63, 3.8) is 0 Å². The molecule has 1 atom stereocenters. The number of methoxy groups -OCH3 is 2. The molecule has 22 heavy (non-hydrogen) atoms. The molecule has 0 aliphatic carbocycles. The largest absolute Gasteiger partial charge is 0.493 e. The molecule has 5 nitrogen and oxygen atoms in total. The van der Waals surface area contributed by atoms with Crippen LogP contribution in [0.15, 0.2) is 18.2 Å². The van der Waals surface area contributed by atoms with Crippen molar-refractivity contribution in [2.45, 2.75) is 31.8 Å². The molecule has 0 amide bonds. The third-order valence-corrected chi connectivity index (χ3v) is 3.86. The molecular weight excluding hydrogens is 284 g/mol. The number of hydrogen-bond acceptors (Lipinski definition) is 5. The molecule has 5 heteroatoms. The van der Waals surface area contributed by atoms with Gasteiger partial charge < -0.3 is 18.9 Å². The molecule has 0 spiro atoms. The van der Waals surface area contributed by atoms with Crippen LogP contribution in [-0.2, 0) is 14.3 Å². The maximum atomic E-state index is 12.4. The number of ether oxygens (including phenoxy) is 4. The Labute approximate surface area is 131 Å². The van der Waals surface area contributed by atoms with Gasteiger partial charge in [-0.25, -0.2) is 0 Å². The number of ketones is 1. The highest BCUT2D eigenvalue weighted by molar-refractivity contribution is 5.94. The summed E-state index contributed by atoms with van der Waals surface area (Å²) in [4.78, 5) is 12.4. The molecule has 0 N–H and O–H groups in total. The number of Topliss-reactive ketones (excluding diaryl/α,β-unsaturated/α-hetero) is 1. The number of carbonyl (C=O) groups excluding carboxylic acids is 1. The number of rotatable bonds is 7. The Morgan fingerprint density at radius 1 is 1.23 bits per heavy atom. The lowest BCUT2D eigenvalue weighted by atomic mass is 9.90. The third-order valence-electron chi connectivity index (χ3n) is 3.86. The summed E-state index contributed by atoms with van der Waals surface area (Å²) in [5, 5.41) is 0. The summed E-state index contributed by atoms with van der Waals surface area (Å²) >= 11 is 0. The molecule has 1 unspecified atom stereocenters. The minimum atomic E-state index is -0.718. The van der Waals surface area contributed by atoms with Gasteiger partial charge >= 0.3 is 0 Å². The van der Waals surface area contributed by atoms with Gasteiger partial charge in [0, 0.05) is 20.1 Å². The summed E-state index contributed by atoms with van der Waals surface area (Å²) in [5.41, 5.74) is 0.183. The molecule has 1 aliphatic heterocycles. The zero-order valence-electron chi connectivity index (χ0n) is 13.7. The molecular formula is C17H24O5. The molecule has 0 radical (unpaired) electrons. The average molecular weight is 308 g/mol. The van der Waals surface area contributed by atoms with E-state index in [2.05, 4.69) is 0 Å². The molecule has 2 rings (SSSR count). The van der Waals surface area contributed by atoms with Crippen LogP contribution in [0.25, 0.3) is 0 Å².